The van der Waals surface area contributed by atoms with E-state index in [2.05, 4.69) is 12.2 Å². The number of hydrogen-bond donors (Lipinski definition) is 1. The molecule has 1 saturated heterocycles. The summed E-state index contributed by atoms with van der Waals surface area (Å²) in [6.45, 7) is 4.92. The zero-order valence-corrected chi connectivity index (χ0v) is 11.4. The molecule has 0 aliphatic carbocycles. The van der Waals surface area contributed by atoms with Crippen molar-refractivity contribution in [2.24, 2.45) is 0 Å². The fourth-order valence-corrected chi connectivity index (χ4v) is 2.57. The smallest absolute Gasteiger partial charge is 0.270 e. The molecule has 100 valence electrons. The van der Waals surface area contributed by atoms with E-state index in [0.717, 1.165) is 31.7 Å². The maximum absolute atomic E-state index is 12.4. The molecule has 4 nitrogen and oxygen atoms in total. The van der Waals surface area contributed by atoms with Crippen LogP contribution in [0.2, 0.25) is 0 Å². The Hall–Kier alpha value is -1.29. The topological polar surface area (TPSA) is 37.3 Å². The largest absolute Gasteiger partial charge is 0.344 e. The lowest BCUT2D eigenvalue weighted by molar-refractivity contribution is 0.0773. The van der Waals surface area contributed by atoms with E-state index in [1.165, 1.54) is 12.8 Å². The van der Waals surface area contributed by atoms with Crippen LogP contribution in [0.15, 0.2) is 18.3 Å². The molecule has 1 amide bonds. The summed E-state index contributed by atoms with van der Waals surface area (Å²) >= 11 is 0. The van der Waals surface area contributed by atoms with Gasteiger partial charge in [0.05, 0.1) is 0 Å². The van der Waals surface area contributed by atoms with Crippen LogP contribution in [0.4, 0.5) is 0 Å². The van der Waals surface area contributed by atoms with Crippen molar-refractivity contribution in [1.82, 2.24) is 14.8 Å². The van der Waals surface area contributed by atoms with E-state index in [4.69, 9.17) is 0 Å². The first-order chi connectivity index (χ1) is 8.72. The van der Waals surface area contributed by atoms with Crippen molar-refractivity contribution in [2.75, 3.05) is 20.1 Å². The van der Waals surface area contributed by atoms with Gasteiger partial charge in [-0.1, -0.05) is 6.92 Å². The summed E-state index contributed by atoms with van der Waals surface area (Å²) in [6.07, 6.45) is 5.42. The maximum Gasteiger partial charge on any atom is 0.270 e. The Bertz CT molecular complexity index is 393. The number of rotatable bonds is 5. The minimum Gasteiger partial charge on any atom is -0.344 e. The highest BCUT2D eigenvalue weighted by molar-refractivity contribution is 5.92. The molecular weight excluding hydrogens is 226 g/mol. The molecule has 1 aliphatic rings. The molecule has 1 atom stereocenters. The second-order valence-electron chi connectivity index (χ2n) is 5.07. The van der Waals surface area contributed by atoms with E-state index in [9.17, 15) is 4.79 Å². The van der Waals surface area contributed by atoms with E-state index in [1.807, 2.05) is 34.8 Å². The number of likely N-dealkylation sites (N-methyl/N-ethyl adjacent to an activating group) is 1. The van der Waals surface area contributed by atoms with Crippen molar-refractivity contribution in [3.8, 4) is 0 Å². The van der Waals surface area contributed by atoms with Gasteiger partial charge in [-0.05, 0) is 37.9 Å². The highest BCUT2D eigenvalue weighted by Crippen LogP contribution is 2.10. The molecule has 1 unspecified atom stereocenters. The lowest BCUT2D eigenvalue weighted by Crippen LogP contribution is -2.39. The van der Waals surface area contributed by atoms with Crippen LogP contribution in [0.5, 0.6) is 0 Å². The Morgan fingerprint density at radius 2 is 2.44 bits per heavy atom. The van der Waals surface area contributed by atoms with Gasteiger partial charge in [0.2, 0.25) is 0 Å². The molecule has 18 heavy (non-hydrogen) atoms. The summed E-state index contributed by atoms with van der Waals surface area (Å²) in [5.74, 6) is 0.127. The predicted molar refractivity (Wildman–Crippen MR) is 72.7 cm³/mol. The molecule has 0 bridgehead atoms. The highest BCUT2D eigenvalue weighted by Gasteiger charge is 2.21. The third kappa shape index (κ3) is 2.93. The monoisotopic (exact) mass is 249 g/mol. The van der Waals surface area contributed by atoms with Crippen LogP contribution in [0, 0.1) is 0 Å². The minimum atomic E-state index is 0.127. The van der Waals surface area contributed by atoms with Crippen molar-refractivity contribution in [2.45, 2.75) is 38.8 Å². The molecule has 0 saturated carbocycles. The molecule has 2 heterocycles. The standard InChI is InChI=1S/C14H23N3O/c1-3-9-17-10-5-7-13(17)14(18)16(2)11-12-6-4-8-15-12/h5,7,10,12,15H,3-4,6,8-9,11H2,1-2H3. The van der Waals surface area contributed by atoms with E-state index < -0.39 is 0 Å². The summed E-state index contributed by atoms with van der Waals surface area (Å²) in [6, 6.07) is 4.33. The van der Waals surface area contributed by atoms with E-state index in [1.54, 1.807) is 0 Å². The summed E-state index contributed by atoms with van der Waals surface area (Å²) in [7, 11) is 1.89. The average molecular weight is 249 g/mol. The van der Waals surface area contributed by atoms with Crippen molar-refractivity contribution in [3.63, 3.8) is 0 Å². The highest BCUT2D eigenvalue weighted by atomic mass is 16.2. The molecule has 0 radical (unpaired) electrons. The van der Waals surface area contributed by atoms with Gasteiger partial charge >= 0.3 is 0 Å². The predicted octanol–water partition coefficient (Wildman–Crippen LogP) is 1.72. The van der Waals surface area contributed by atoms with Gasteiger partial charge in [0.25, 0.3) is 5.91 Å². The van der Waals surface area contributed by atoms with Crippen LogP contribution < -0.4 is 5.32 Å². The quantitative estimate of drug-likeness (QED) is 0.863. The van der Waals surface area contributed by atoms with Gasteiger partial charge < -0.3 is 14.8 Å². The average Bonchev–Trinajstić information content (AvgIpc) is 3.00. The van der Waals surface area contributed by atoms with Gasteiger partial charge in [-0.15, -0.1) is 0 Å². The first-order valence-corrected chi connectivity index (χ1v) is 6.86. The third-order valence-corrected chi connectivity index (χ3v) is 3.52. The Kier molecular flexibility index (Phi) is 4.42. The van der Waals surface area contributed by atoms with Crippen LogP contribution in [0.3, 0.4) is 0 Å². The number of aryl methyl sites for hydroxylation is 1. The number of hydrogen-bond acceptors (Lipinski definition) is 2. The Morgan fingerprint density at radius 1 is 1.61 bits per heavy atom. The van der Waals surface area contributed by atoms with Gasteiger partial charge in [0.1, 0.15) is 5.69 Å². The molecule has 4 heteroatoms. The number of carbonyl (C=O) groups is 1. The number of nitrogens with zero attached hydrogens (tertiary/aromatic N) is 2. The SMILES string of the molecule is CCCn1cccc1C(=O)N(C)CC1CCCN1. The molecule has 0 spiro atoms. The van der Waals surface area contributed by atoms with Crippen LogP contribution in [0.25, 0.3) is 0 Å². The van der Waals surface area contributed by atoms with Gasteiger partial charge in [0, 0.05) is 32.4 Å². The van der Waals surface area contributed by atoms with Crippen LogP contribution in [-0.4, -0.2) is 41.6 Å². The molecule has 1 N–H and O–H groups in total. The van der Waals surface area contributed by atoms with E-state index in [0.29, 0.717) is 6.04 Å². The van der Waals surface area contributed by atoms with E-state index in [-0.39, 0.29) is 5.91 Å². The zero-order valence-electron chi connectivity index (χ0n) is 11.4. The molecule has 1 aliphatic heterocycles. The van der Waals surface area contributed by atoms with Crippen LogP contribution in [-0.2, 0) is 6.54 Å². The molecule has 1 aromatic rings. The lowest BCUT2D eigenvalue weighted by atomic mass is 10.2. The molecular formula is C14H23N3O. The van der Waals surface area contributed by atoms with Crippen molar-refractivity contribution in [3.05, 3.63) is 24.0 Å². The minimum absolute atomic E-state index is 0.127. The Labute approximate surface area is 109 Å². The first-order valence-electron chi connectivity index (χ1n) is 6.86. The summed E-state index contributed by atoms with van der Waals surface area (Å²) in [5.41, 5.74) is 0.803. The fraction of sp³-hybridized carbons (Fsp3) is 0.643. The van der Waals surface area contributed by atoms with E-state index >= 15 is 0 Å². The lowest BCUT2D eigenvalue weighted by Gasteiger charge is -2.22. The number of carbonyl (C=O) groups excluding carboxylic acids is 1. The summed E-state index contributed by atoms with van der Waals surface area (Å²) < 4.78 is 2.04. The van der Waals surface area contributed by atoms with Crippen molar-refractivity contribution >= 4 is 5.91 Å². The van der Waals surface area contributed by atoms with Gasteiger partial charge in [-0.2, -0.15) is 0 Å². The van der Waals surface area contributed by atoms with Gasteiger partial charge in [-0.25, -0.2) is 0 Å². The Morgan fingerprint density at radius 3 is 3.11 bits per heavy atom. The van der Waals surface area contributed by atoms with Crippen molar-refractivity contribution in [1.29, 1.82) is 0 Å². The van der Waals surface area contributed by atoms with Gasteiger partial charge in [-0.3, -0.25) is 4.79 Å². The third-order valence-electron chi connectivity index (χ3n) is 3.52. The molecule has 0 aromatic carbocycles. The zero-order chi connectivity index (χ0) is 13.0. The maximum atomic E-state index is 12.4. The van der Waals surface area contributed by atoms with Crippen LogP contribution in [0.1, 0.15) is 36.7 Å². The normalized spacial score (nSPS) is 19.1. The first kappa shape index (κ1) is 13.1. The second-order valence-corrected chi connectivity index (χ2v) is 5.07. The number of nitrogens with one attached hydrogen (secondary N) is 1. The summed E-state index contributed by atoms with van der Waals surface area (Å²) in [4.78, 5) is 14.2. The fourth-order valence-electron chi connectivity index (χ4n) is 2.57. The molecule has 1 fully saturated rings. The van der Waals surface area contributed by atoms with Gasteiger partial charge in [0.15, 0.2) is 0 Å². The Balaban J connectivity index is 1.98. The van der Waals surface area contributed by atoms with Crippen LogP contribution >= 0.6 is 0 Å². The number of amides is 1. The van der Waals surface area contributed by atoms with Crippen molar-refractivity contribution < 1.29 is 4.79 Å². The number of aromatic nitrogens is 1. The summed E-state index contributed by atoms with van der Waals surface area (Å²) in [5, 5.41) is 3.43. The molecule has 1 aromatic heterocycles. The second kappa shape index (κ2) is 6.05. The molecule has 2 rings (SSSR count).